The maximum absolute atomic E-state index is 10.9. The summed E-state index contributed by atoms with van der Waals surface area (Å²) in [6, 6.07) is 7.90. The van der Waals surface area contributed by atoms with E-state index in [9.17, 15) is 9.59 Å². The van der Waals surface area contributed by atoms with Gasteiger partial charge >= 0.3 is 92.9 Å². The molecule has 0 aromatic heterocycles. The van der Waals surface area contributed by atoms with E-state index in [0.717, 1.165) is 0 Å². The second kappa shape index (κ2) is 8.00. The van der Waals surface area contributed by atoms with E-state index in [2.05, 4.69) is 0 Å². The van der Waals surface area contributed by atoms with Crippen molar-refractivity contribution >= 4 is 92.9 Å². The van der Waals surface area contributed by atoms with Crippen molar-refractivity contribution < 1.29 is 19.8 Å². The van der Waals surface area contributed by atoms with Crippen LogP contribution in [0.15, 0.2) is 30.3 Å². The minimum atomic E-state index is -1.87. The Morgan fingerprint density at radius 2 is 1.44 bits per heavy atom. The Bertz CT molecular complexity index is 352. The number of carbonyl (C=O) groups is 2. The normalized spacial score (nSPS) is 9.56. The van der Waals surface area contributed by atoms with Gasteiger partial charge in [-0.1, -0.05) is 30.3 Å². The summed E-state index contributed by atoms with van der Waals surface area (Å²) in [5.74, 6) is -2.73. The van der Waals surface area contributed by atoms with Gasteiger partial charge < -0.3 is 10.2 Å². The van der Waals surface area contributed by atoms with Gasteiger partial charge in [-0.15, -0.1) is 0 Å². The van der Waals surface area contributed by atoms with E-state index in [-0.39, 0.29) is 86.5 Å². The van der Waals surface area contributed by atoms with Gasteiger partial charge in [-0.2, -0.15) is 0 Å². The molecule has 0 amide bonds. The average molecular weight is 258 g/mol. The van der Waals surface area contributed by atoms with Gasteiger partial charge in [0.15, 0.2) is 5.41 Å². The Labute approximate surface area is 158 Å². The molecule has 0 aliphatic rings. The Morgan fingerprint density at radius 1 is 1.06 bits per heavy atom. The van der Waals surface area contributed by atoms with E-state index < -0.39 is 17.4 Å². The van der Waals surface area contributed by atoms with Gasteiger partial charge in [-0.3, -0.25) is 9.59 Å². The zero-order valence-electron chi connectivity index (χ0n) is 7.60. The molecule has 0 aliphatic heterocycles. The molecule has 0 heterocycles. The monoisotopic (exact) mass is 258 g/mol. The molecular formula is C10H12KNaO4. The summed E-state index contributed by atoms with van der Waals surface area (Å²) in [7, 11) is 0. The first-order valence-electron chi connectivity index (χ1n) is 4.02. The Balaban J connectivity index is 0. The zero-order chi connectivity index (χ0) is 10.8. The first kappa shape index (κ1) is 19.1. The second-order valence-electron chi connectivity index (χ2n) is 3.10. The Morgan fingerprint density at radius 3 is 1.75 bits per heavy atom. The van der Waals surface area contributed by atoms with Crippen LogP contribution in [0.25, 0.3) is 0 Å². The Hall–Kier alpha value is 0.796. The molecule has 0 aliphatic carbocycles. The summed E-state index contributed by atoms with van der Waals surface area (Å²) in [4.78, 5) is 21.8. The molecule has 0 saturated carbocycles. The molecule has 0 unspecified atom stereocenters. The summed E-state index contributed by atoms with van der Waals surface area (Å²) < 4.78 is 0. The third-order valence-corrected chi connectivity index (χ3v) is 2.21. The number of hydrogen-bond acceptors (Lipinski definition) is 2. The number of carboxylic acids is 2. The van der Waals surface area contributed by atoms with Gasteiger partial charge in [0.1, 0.15) is 0 Å². The van der Waals surface area contributed by atoms with Gasteiger partial charge in [-0.25, -0.2) is 0 Å². The van der Waals surface area contributed by atoms with E-state index in [0.29, 0.717) is 0 Å². The SMILES string of the molecule is CC(C(=O)O)(C(=O)O)c1ccccc1.[KH].[NaH]. The molecule has 1 rings (SSSR count). The molecule has 0 bridgehead atoms. The fourth-order valence-corrected chi connectivity index (χ4v) is 1.11. The average Bonchev–Trinajstić information content (AvgIpc) is 2.17. The van der Waals surface area contributed by atoms with Crippen LogP contribution in [0.1, 0.15) is 12.5 Å². The molecule has 1 aromatic carbocycles. The molecule has 0 atom stereocenters. The van der Waals surface area contributed by atoms with E-state index in [1.54, 1.807) is 18.2 Å². The number of rotatable bonds is 3. The van der Waals surface area contributed by atoms with E-state index in [1.807, 2.05) is 0 Å². The molecule has 0 saturated heterocycles. The molecule has 0 spiro atoms. The standard InChI is InChI=1S/C10H10O4.K.Na.2H/c1-10(8(11)12,9(13)14)7-5-3-2-4-6-7;;;;/h2-6H,1H3,(H,11,12)(H,13,14);;;;. The topological polar surface area (TPSA) is 74.6 Å². The summed E-state index contributed by atoms with van der Waals surface area (Å²) in [5, 5.41) is 17.8. The zero-order valence-corrected chi connectivity index (χ0v) is 7.60. The molecular weight excluding hydrogens is 246 g/mol. The second-order valence-corrected chi connectivity index (χ2v) is 3.10. The van der Waals surface area contributed by atoms with Crippen molar-refractivity contribution in [3.05, 3.63) is 35.9 Å². The molecule has 16 heavy (non-hydrogen) atoms. The number of benzene rings is 1. The van der Waals surface area contributed by atoms with Crippen molar-refractivity contribution in [2.75, 3.05) is 0 Å². The summed E-state index contributed by atoms with van der Waals surface area (Å²) in [5.41, 5.74) is -1.61. The van der Waals surface area contributed by atoms with Gasteiger partial charge in [0.05, 0.1) is 0 Å². The fraction of sp³-hybridized carbons (Fsp3) is 0.200. The maximum atomic E-state index is 10.9. The third-order valence-electron chi connectivity index (χ3n) is 2.21. The van der Waals surface area contributed by atoms with Gasteiger partial charge in [-0.05, 0) is 12.5 Å². The molecule has 78 valence electrons. The first-order valence-corrected chi connectivity index (χ1v) is 4.02. The van der Waals surface area contributed by atoms with Crippen molar-refractivity contribution in [3.63, 3.8) is 0 Å². The van der Waals surface area contributed by atoms with Crippen LogP contribution in [-0.2, 0) is 15.0 Å². The minimum absolute atomic E-state index is 0. The van der Waals surface area contributed by atoms with Crippen LogP contribution in [0.5, 0.6) is 0 Å². The van der Waals surface area contributed by atoms with Crippen LogP contribution in [0.3, 0.4) is 0 Å². The van der Waals surface area contributed by atoms with Crippen molar-refractivity contribution in [3.8, 4) is 0 Å². The van der Waals surface area contributed by atoms with Crippen molar-refractivity contribution in [1.29, 1.82) is 0 Å². The van der Waals surface area contributed by atoms with Gasteiger partial charge in [0.25, 0.3) is 0 Å². The van der Waals surface area contributed by atoms with Crippen LogP contribution in [-0.4, -0.2) is 103 Å². The molecule has 4 nitrogen and oxygen atoms in total. The van der Waals surface area contributed by atoms with Crippen molar-refractivity contribution in [2.45, 2.75) is 12.3 Å². The molecule has 2 N–H and O–H groups in total. The quantitative estimate of drug-likeness (QED) is 0.582. The van der Waals surface area contributed by atoms with E-state index >= 15 is 0 Å². The number of carboxylic acid groups (broad SMARTS) is 2. The molecule has 1 aromatic rings. The van der Waals surface area contributed by atoms with Gasteiger partial charge in [0, 0.05) is 0 Å². The fourth-order valence-electron chi connectivity index (χ4n) is 1.11. The summed E-state index contributed by atoms with van der Waals surface area (Å²) in [6.45, 7) is 1.17. The molecule has 0 fully saturated rings. The summed E-state index contributed by atoms with van der Waals surface area (Å²) >= 11 is 0. The Kier molecular flexibility index (Phi) is 9.57. The van der Waals surface area contributed by atoms with Crippen LogP contribution >= 0.6 is 0 Å². The number of aliphatic carboxylic acids is 2. The van der Waals surface area contributed by atoms with Crippen LogP contribution in [0.4, 0.5) is 0 Å². The predicted octanol–water partition coefficient (Wildman–Crippen LogP) is -0.184. The molecule has 6 heteroatoms. The van der Waals surface area contributed by atoms with Crippen LogP contribution in [0, 0.1) is 0 Å². The van der Waals surface area contributed by atoms with E-state index in [1.165, 1.54) is 19.1 Å². The molecule has 0 radical (unpaired) electrons. The predicted molar refractivity (Wildman–Crippen MR) is 63.4 cm³/mol. The van der Waals surface area contributed by atoms with E-state index in [4.69, 9.17) is 10.2 Å². The van der Waals surface area contributed by atoms with Crippen LogP contribution in [0.2, 0.25) is 0 Å². The third kappa shape index (κ3) is 3.92. The number of hydrogen-bond donors (Lipinski definition) is 2. The van der Waals surface area contributed by atoms with Crippen molar-refractivity contribution in [2.24, 2.45) is 0 Å². The first-order chi connectivity index (χ1) is 6.49. The summed E-state index contributed by atoms with van der Waals surface area (Å²) in [6.07, 6.45) is 0. The van der Waals surface area contributed by atoms with Crippen LogP contribution < -0.4 is 0 Å². The van der Waals surface area contributed by atoms with Crippen molar-refractivity contribution in [1.82, 2.24) is 0 Å². The van der Waals surface area contributed by atoms with Gasteiger partial charge in [0.2, 0.25) is 0 Å².